The predicted octanol–water partition coefficient (Wildman–Crippen LogP) is 0.0001000. The molecule has 9 heteroatoms. The van der Waals surface area contributed by atoms with Crippen LogP contribution in [0.15, 0.2) is 24.9 Å². The van der Waals surface area contributed by atoms with Gasteiger partial charge in [0.15, 0.2) is 11.5 Å². The van der Waals surface area contributed by atoms with Crippen molar-refractivity contribution in [3.63, 3.8) is 0 Å². The zero-order valence-electron chi connectivity index (χ0n) is 11.8. The van der Waals surface area contributed by atoms with E-state index in [9.17, 15) is 0 Å². The summed E-state index contributed by atoms with van der Waals surface area (Å²) < 4.78 is 7.11. The molecule has 3 aromatic heterocycles. The summed E-state index contributed by atoms with van der Waals surface area (Å²) in [7, 11) is 0. The number of hydrogen-bond donors (Lipinski definition) is 1. The summed E-state index contributed by atoms with van der Waals surface area (Å²) in [6.07, 6.45) is 6.62. The minimum atomic E-state index is 0.235. The van der Waals surface area contributed by atoms with Crippen molar-refractivity contribution in [1.29, 1.82) is 0 Å². The number of morpholine rings is 1. The maximum Gasteiger partial charge on any atom is 0.219 e. The minimum absolute atomic E-state index is 0.235. The standard InChI is InChI=1S/C13H14N8O/c14-13-15-5-9(6-16-13)10-7-21-11(17-8-18-21)12(19-10)20-1-3-22-4-2-20/h5-8H,1-4H2,(H2,14,15,16). The summed E-state index contributed by atoms with van der Waals surface area (Å²) in [4.78, 5) is 19.2. The molecule has 2 N–H and O–H groups in total. The lowest BCUT2D eigenvalue weighted by atomic mass is 10.2. The van der Waals surface area contributed by atoms with Gasteiger partial charge in [0.25, 0.3) is 0 Å². The van der Waals surface area contributed by atoms with Crippen LogP contribution in [-0.2, 0) is 4.74 Å². The Morgan fingerprint density at radius 1 is 1.09 bits per heavy atom. The molecule has 0 spiro atoms. The summed E-state index contributed by atoms with van der Waals surface area (Å²) in [5.41, 5.74) is 7.76. The van der Waals surface area contributed by atoms with Crippen molar-refractivity contribution in [2.45, 2.75) is 0 Å². The Hall–Kier alpha value is -2.81. The normalized spacial score (nSPS) is 15.4. The van der Waals surface area contributed by atoms with Gasteiger partial charge in [-0.3, -0.25) is 0 Å². The SMILES string of the molecule is Nc1ncc(-c2cn3ncnc3c(N3CCOCC3)n2)cn1. The molecule has 0 atom stereocenters. The molecule has 9 nitrogen and oxygen atoms in total. The number of aromatic nitrogens is 6. The van der Waals surface area contributed by atoms with Gasteiger partial charge < -0.3 is 15.4 Å². The van der Waals surface area contributed by atoms with Crippen molar-refractivity contribution in [2.75, 3.05) is 36.9 Å². The number of nitrogen functional groups attached to an aromatic ring is 1. The van der Waals surface area contributed by atoms with E-state index >= 15 is 0 Å². The maximum atomic E-state index is 5.53. The number of nitrogens with zero attached hydrogens (tertiary/aromatic N) is 7. The molecule has 1 fully saturated rings. The summed E-state index contributed by atoms with van der Waals surface area (Å²) >= 11 is 0. The zero-order valence-corrected chi connectivity index (χ0v) is 11.8. The van der Waals surface area contributed by atoms with Crippen LogP contribution in [0, 0.1) is 0 Å². The molecule has 22 heavy (non-hydrogen) atoms. The molecule has 0 bridgehead atoms. The van der Waals surface area contributed by atoms with Gasteiger partial charge >= 0.3 is 0 Å². The van der Waals surface area contributed by atoms with Gasteiger partial charge in [-0.1, -0.05) is 0 Å². The quantitative estimate of drug-likeness (QED) is 0.704. The molecule has 4 rings (SSSR count). The number of anilines is 2. The van der Waals surface area contributed by atoms with Crippen LogP contribution < -0.4 is 10.6 Å². The Morgan fingerprint density at radius 2 is 1.86 bits per heavy atom. The number of rotatable bonds is 2. The van der Waals surface area contributed by atoms with Gasteiger partial charge in [-0.05, 0) is 0 Å². The van der Waals surface area contributed by atoms with Crippen LogP contribution in [0.2, 0.25) is 0 Å². The first kappa shape index (κ1) is 12.9. The van der Waals surface area contributed by atoms with E-state index in [1.807, 2.05) is 0 Å². The Kier molecular flexibility index (Phi) is 3.04. The molecule has 0 unspecified atom stereocenters. The molecule has 0 amide bonds. The minimum Gasteiger partial charge on any atom is -0.378 e. The van der Waals surface area contributed by atoms with Crippen molar-refractivity contribution >= 4 is 17.4 Å². The first-order valence-corrected chi connectivity index (χ1v) is 6.92. The smallest absolute Gasteiger partial charge is 0.219 e. The van der Waals surface area contributed by atoms with Crippen LogP contribution in [0.3, 0.4) is 0 Å². The molecule has 1 aliphatic heterocycles. The second-order valence-corrected chi connectivity index (χ2v) is 4.91. The molecule has 0 saturated carbocycles. The Morgan fingerprint density at radius 3 is 2.64 bits per heavy atom. The fourth-order valence-electron chi connectivity index (χ4n) is 2.41. The number of fused-ring (bicyclic) bond motifs is 1. The molecular weight excluding hydrogens is 284 g/mol. The lowest BCUT2D eigenvalue weighted by Gasteiger charge is -2.28. The van der Waals surface area contributed by atoms with Crippen LogP contribution in [-0.4, -0.2) is 55.9 Å². The molecule has 0 aliphatic carbocycles. The van der Waals surface area contributed by atoms with E-state index in [1.54, 1.807) is 23.1 Å². The number of hydrogen-bond acceptors (Lipinski definition) is 8. The first-order chi connectivity index (χ1) is 10.8. The van der Waals surface area contributed by atoms with Crippen molar-refractivity contribution in [3.05, 3.63) is 24.9 Å². The van der Waals surface area contributed by atoms with E-state index in [2.05, 4.69) is 25.0 Å². The highest BCUT2D eigenvalue weighted by Gasteiger charge is 2.18. The molecule has 0 aromatic carbocycles. The highest BCUT2D eigenvalue weighted by Crippen LogP contribution is 2.23. The summed E-state index contributed by atoms with van der Waals surface area (Å²) in [6, 6.07) is 0. The molecule has 4 heterocycles. The third kappa shape index (κ3) is 2.21. The summed E-state index contributed by atoms with van der Waals surface area (Å²) in [5.74, 6) is 1.02. The van der Waals surface area contributed by atoms with Crippen LogP contribution >= 0.6 is 0 Å². The predicted molar refractivity (Wildman–Crippen MR) is 79.3 cm³/mol. The van der Waals surface area contributed by atoms with Crippen LogP contribution in [0.1, 0.15) is 0 Å². The third-order valence-corrected chi connectivity index (χ3v) is 3.52. The Labute approximate surface area is 125 Å². The number of ether oxygens (including phenoxy) is 1. The van der Waals surface area contributed by atoms with Crippen LogP contribution in [0.4, 0.5) is 11.8 Å². The molecule has 0 radical (unpaired) electrons. The van der Waals surface area contributed by atoms with Gasteiger partial charge in [0.05, 0.1) is 25.1 Å². The van der Waals surface area contributed by atoms with Gasteiger partial charge in [0.2, 0.25) is 5.95 Å². The second-order valence-electron chi connectivity index (χ2n) is 4.91. The van der Waals surface area contributed by atoms with E-state index in [-0.39, 0.29) is 5.95 Å². The molecule has 1 aliphatic rings. The van der Waals surface area contributed by atoms with E-state index in [4.69, 9.17) is 15.5 Å². The Balaban J connectivity index is 1.84. The van der Waals surface area contributed by atoms with Gasteiger partial charge in [-0.15, -0.1) is 0 Å². The lowest BCUT2D eigenvalue weighted by Crippen LogP contribution is -2.37. The average molecular weight is 298 g/mol. The van der Waals surface area contributed by atoms with Gasteiger partial charge in [-0.2, -0.15) is 5.10 Å². The van der Waals surface area contributed by atoms with E-state index < -0.39 is 0 Å². The molecule has 3 aromatic rings. The van der Waals surface area contributed by atoms with E-state index in [0.29, 0.717) is 13.2 Å². The Bertz CT molecular complexity index is 793. The van der Waals surface area contributed by atoms with Gasteiger partial charge in [0.1, 0.15) is 6.33 Å². The fraction of sp³-hybridized carbons (Fsp3) is 0.308. The van der Waals surface area contributed by atoms with E-state index in [0.717, 1.165) is 35.8 Å². The van der Waals surface area contributed by atoms with E-state index in [1.165, 1.54) is 6.33 Å². The van der Waals surface area contributed by atoms with Crippen molar-refractivity contribution in [1.82, 2.24) is 29.5 Å². The second kappa shape index (κ2) is 5.19. The average Bonchev–Trinajstić information content (AvgIpc) is 3.04. The van der Waals surface area contributed by atoms with Crippen molar-refractivity contribution < 1.29 is 4.74 Å². The van der Waals surface area contributed by atoms with Crippen molar-refractivity contribution in [2.24, 2.45) is 0 Å². The van der Waals surface area contributed by atoms with Gasteiger partial charge in [0, 0.05) is 31.0 Å². The number of nitrogens with two attached hydrogens (primary N) is 1. The fourth-order valence-corrected chi connectivity index (χ4v) is 2.41. The highest BCUT2D eigenvalue weighted by atomic mass is 16.5. The molecular formula is C13H14N8O. The van der Waals surface area contributed by atoms with Crippen LogP contribution in [0.5, 0.6) is 0 Å². The monoisotopic (exact) mass is 298 g/mol. The van der Waals surface area contributed by atoms with Crippen LogP contribution in [0.25, 0.3) is 16.9 Å². The highest BCUT2D eigenvalue weighted by molar-refractivity contribution is 5.69. The molecule has 1 saturated heterocycles. The maximum absolute atomic E-state index is 5.53. The largest absolute Gasteiger partial charge is 0.378 e. The summed E-state index contributed by atoms with van der Waals surface area (Å²) in [5, 5.41) is 4.22. The topological polar surface area (TPSA) is 107 Å². The lowest BCUT2D eigenvalue weighted by molar-refractivity contribution is 0.122. The molecule has 112 valence electrons. The summed E-state index contributed by atoms with van der Waals surface area (Å²) in [6.45, 7) is 2.91. The first-order valence-electron chi connectivity index (χ1n) is 6.92. The third-order valence-electron chi connectivity index (χ3n) is 3.52. The van der Waals surface area contributed by atoms with Crippen molar-refractivity contribution in [3.8, 4) is 11.3 Å². The van der Waals surface area contributed by atoms with Gasteiger partial charge in [-0.25, -0.2) is 24.5 Å². The zero-order chi connectivity index (χ0) is 14.9.